The van der Waals surface area contributed by atoms with Gasteiger partial charge < -0.3 is 9.67 Å². The summed E-state index contributed by atoms with van der Waals surface area (Å²) in [5.74, 6) is -0.00956. The summed E-state index contributed by atoms with van der Waals surface area (Å²) in [7, 11) is 0. The summed E-state index contributed by atoms with van der Waals surface area (Å²) in [6, 6.07) is 8.89. The van der Waals surface area contributed by atoms with Crippen LogP contribution in [0.3, 0.4) is 0 Å². The van der Waals surface area contributed by atoms with Crippen molar-refractivity contribution in [3.63, 3.8) is 0 Å². The van der Waals surface area contributed by atoms with Crippen molar-refractivity contribution in [2.75, 3.05) is 0 Å². The van der Waals surface area contributed by atoms with Crippen LogP contribution < -0.4 is 5.43 Å². The molecule has 1 aliphatic rings. The Kier molecular flexibility index (Phi) is 6.50. The Morgan fingerprint density at radius 2 is 1.78 bits per heavy atom. The molecule has 0 saturated carbocycles. The molecule has 0 saturated heterocycles. The first kappa shape index (κ1) is 22.3. The van der Waals surface area contributed by atoms with E-state index in [0.717, 1.165) is 22.2 Å². The number of benzene rings is 2. The molecule has 0 spiro atoms. The van der Waals surface area contributed by atoms with Gasteiger partial charge in [-0.05, 0) is 30.7 Å². The maximum absolute atomic E-state index is 11.4. The Labute approximate surface area is 199 Å². The van der Waals surface area contributed by atoms with Crippen LogP contribution in [0.5, 0.6) is 5.88 Å². The number of halogens is 3. The number of nitrogens with one attached hydrogen (secondary N) is 1. The Balaban J connectivity index is 1.67. The molecule has 2 N–H and O–H groups in total. The largest absolute Gasteiger partial charge is 0.494 e. The van der Waals surface area contributed by atoms with E-state index in [9.17, 15) is 9.90 Å². The molecule has 1 aromatic heterocycles. The van der Waals surface area contributed by atoms with Crippen LogP contribution in [-0.4, -0.2) is 33.7 Å². The maximum Gasteiger partial charge on any atom is 0.240 e. The normalized spacial score (nSPS) is 14.5. The van der Waals surface area contributed by atoms with E-state index >= 15 is 0 Å². The zero-order valence-electron chi connectivity index (χ0n) is 16.9. The summed E-state index contributed by atoms with van der Waals surface area (Å²) in [6.07, 6.45) is 3.88. The molecule has 3 aromatic rings. The Morgan fingerprint density at radius 1 is 1.09 bits per heavy atom. The van der Waals surface area contributed by atoms with Crippen LogP contribution in [0.15, 0.2) is 45.6 Å². The summed E-state index contributed by atoms with van der Waals surface area (Å²) >= 11 is 18.2. The lowest BCUT2D eigenvalue weighted by Gasteiger charge is -2.12. The number of aromatic hydroxyl groups is 1. The molecule has 0 fully saturated rings. The van der Waals surface area contributed by atoms with Crippen LogP contribution in [0.25, 0.3) is 10.9 Å². The number of aromatic nitrogens is 1. The second kappa shape index (κ2) is 9.32. The van der Waals surface area contributed by atoms with E-state index in [4.69, 9.17) is 34.8 Å². The molecule has 32 heavy (non-hydrogen) atoms. The van der Waals surface area contributed by atoms with Gasteiger partial charge in [0.1, 0.15) is 0 Å². The molecule has 0 bridgehead atoms. The number of fused-ring (bicyclic) bond motifs is 1. The summed E-state index contributed by atoms with van der Waals surface area (Å²) in [5.41, 5.74) is 6.07. The third kappa shape index (κ3) is 4.37. The Bertz CT molecular complexity index is 1290. The minimum absolute atomic E-state index is 0.0834. The van der Waals surface area contributed by atoms with Crippen LogP contribution in [0.1, 0.15) is 36.5 Å². The second-order valence-corrected chi connectivity index (χ2v) is 8.33. The van der Waals surface area contributed by atoms with E-state index in [1.807, 2.05) is 25.1 Å². The number of carbonyl (C=O) groups is 1. The summed E-state index contributed by atoms with van der Waals surface area (Å²) in [6.45, 7) is 2.50. The minimum Gasteiger partial charge on any atom is -0.494 e. The van der Waals surface area contributed by atoms with E-state index in [-0.39, 0.29) is 11.8 Å². The SMILES string of the molecule is CCn1c(O)c(C=NN=Cc2c(Cl)cc(Cl)cc2Cl)c2ccc(C3=NNC(=O)CC3)cc21. The van der Waals surface area contributed by atoms with E-state index < -0.39 is 0 Å². The quantitative estimate of drug-likeness (QED) is 0.370. The van der Waals surface area contributed by atoms with Crippen molar-refractivity contribution in [2.45, 2.75) is 26.3 Å². The Morgan fingerprint density at radius 3 is 2.41 bits per heavy atom. The van der Waals surface area contributed by atoms with Crippen LogP contribution in [-0.2, 0) is 11.3 Å². The molecule has 10 heteroatoms. The second-order valence-electron chi connectivity index (χ2n) is 7.08. The van der Waals surface area contributed by atoms with E-state index in [1.54, 1.807) is 16.7 Å². The smallest absolute Gasteiger partial charge is 0.240 e. The number of hydrazone groups is 1. The van der Waals surface area contributed by atoms with Crippen molar-refractivity contribution in [1.82, 2.24) is 9.99 Å². The van der Waals surface area contributed by atoms with Gasteiger partial charge in [-0.1, -0.05) is 46.9 Å². The van der Waals surface area contributed by atoms with Gasteiger partial charge in [0.15, 0.2) is 0 Å². The van der Waals surface area contributed by atoms with Crippen LogP contribution in [0.2, 0.25) is 15.1 Å². The van der Waals surface area contributed by atoms with Gasteiger partial charge in [-0.3, -0.25) is 4.79 Å². The monoisotopic (exact) mass is 489 g/mol. The fourth-order valence-electron chi connectivity index (χ4n) is 3.53. The topological polar surface area (TPSA) is 91.3 Å². The molecule has 0 radical (unpaired) electrons. The number of nitrogens with zero attached hydrogens (tertiary/aromatic N) is 4. The predicted octanol–water partition coefficient (Wildman–Crippen LogP) is 5.39. The van der Waals surface area contributed by atoms with Crippen molar-refractivity contribution < 1.29 is 9.90 Å². The number of aryl methyl sites for hydroxylation is 1. The first-order chi connectivity index (χ1) is 15.4. The Hall–Kier alpha value is -2.87. The van der Waals surface area contributed by atoms with Gasteiger partial charge >= 0.3 is 0 Å². The lowest BCUT2D eigenvalue weighted by Crippen LogP contribution is -2.25. The summed E-state index contributed by atoms with van der Waals surface area (Å²) in [4.78, 5) is 11.4. The molecule has 0 aliphatic carbocycles. The van der Waals surface area contributed by atoms with Crippen LogP contribution in [0, 0.1) is 0 Å². The molecule has 164 valence electrons. The zero-order valence-corrected chi connectivity index (χ0v) is 19.2. The highest BCUT2D eigenvalue weighted by Crippen LogP contribution is 2.32. The third-order valence-electron chi connectivity index (χ3n) is 5.11. The standard InChI is InChI=1S/C22H18Cl3N5O2/c1-2-30-20-7-12(19-5-6-21(31)29-28-19)3-4-14(20)15(22(30)32)10-26-27-11-16-17(24)8-13(23)9-18(16)25/h3-4,7-11,32H,2,5-6H2,1H3,(H,29,31). The fourth-order valence-corrected chi connectivity index (χ4v) is 4.45. The highest BCUT2D eigenvalue weighted by Gasteiger charge is 2.18. The van der Waals surface area contributed by atoms with Gasteiger partial charge in [0.2, 0.25) is 11.8 Å². The molecule has 2 heterocycles. The first-order valence-electron chi connectivity index (χ1n) is 9.81. The summed E-state index contributed by atoms with van der Waals surface area (Å²) < 4.78 is 1.78. The number of hydrogen-bond acceptors (Lipinski definition) is 5. The number of rotatable bonds is 5. The predicted molar refractivity (Wildman–Crippen MR) is 130 cm³/mol. The van der Waals surface area contributed by atoms with Crippen molar-refractivity contribution in [1.29, 1.82) is 0 Å². The van der Waals surface area contributed by atoms with Crippen LogP contribution in [0.4, 0.5) is 0 Å². The van der Waals surface area contributed by atoms with E-state index in [1.165, 1.54) is 12.4 Å². The van der Waals surface area contributed by atoms with E-state index in [2.05, 4.69) is 20.7 Å². The maximum atomic E-state index is 11.4. The summed E-state index contributed by atoms with van der Waals surface area (Å²) in [5, 5.41) is 25.0. The number of amides is 1. The average Bonchev–Trinajstić information content (AvgIpc) is 3.03. The minimum atomic E-state index is -0.0929. The van der Waals surface area contributed by atoms with Crippen LogP contribution >= 0.6 is 34.8 Å². The lowest BCUT2D eigenvalue weighted by molar-refractivity contribution is -0.121. The molecule has 1 aliphatic heterocycles. The van der Waals surface area contributed by atoms with Gasteiger partial charge in [-0.25, -0.2) is 5.43 Å². The van der Waals surface area contributed by atoms with Gasteiger partial charge in [-0.15, -0.1) is 0 Å². The molecular formula is C22H18Cl3N5O2. The highest BCUT2D eigenvalue weighted by atomic mass is 35.5. The number of carbonyl (C=O) groups excluding carboxylic acids is 1. The third-order valence-corrected chi connectivity index (χ3v) is 5.96. The van der Waals surface area contributed by atoms with Gasteiger partial charge in [0.25, 0.3) is 0 Å². The molecule has 7 nitrogen and oxygen atoms in total. The average molecular weight is 491 g/mol. The molecule has 2 aromatic carbocycles. The van der Waals surface area contributed by atoms with Crippen molar-refractivity contribution in [3.8, 4) is 5.88 Å². The van der Waals surface area contributed by atoms with Gasteiger partial charge in [0.05, 0.1) is 39.3 Å². The molecule has 1 amide bonds. The molecule has 0 atom stereocenters. The highest BCUT2D eigenvalue weighted by molar-refractivity contribution is 6.41. The fraction of sp³-hybridized carbons (Fsp3) is 0.182. The first-order valence-corrected chi connectivity index (χ1v) is 10.9. The lowest BCUT2D eigenvalue weighted by atomic mass is 10.0. The molecule has 4 rings (SSSR count). The van der Waals surface area contributed by atoms with E-state index in [0.29, 0.717) is 45.6 Å². The molecular weight excluding hydrogens is 473 g/mol. The van der Waals surface area contributed by atoms with Gasteiger partial charge in [-0.2, -0.15) is 15.3 Å². The number of hydrogen-bond donors (Lipinski definition) is 2. The zero-order chi connectivity index (χ0) is 22.8. The van der Waals surface area contributed by atoms with Gasteiger partial charge in [0, 0.05) is 35.4 Å². The molecule has 0 unspecified atom stereocenters. The van der Waals surface area contributed by atoms with Crippen molar-refractivity contribution in [3.05, 3.63) is 62.1 Å². The van der Waals surface area contributed by atoms with Crippen molar-refractivity contribution in [2.24, 2.45) is 15.3 Å². The van der Waals surface area contributed by atoms with Crippen molar-refractivity contribution >= 4 is 69.8 Å².